The van der Waals surface area contributed by atoms with Gasteiger partial charge in [-0.25, -0.2) is 12.8 Å². The summed E-state index contributed by atoms with van der Waals surface area (Å²) < 4.78 is 90.7. The average Bonchev–Trinajstić information content (AvgIpc) is 2.84. The number of ether oxygens (including phenoxy) is 2. The van der Waals surface area contributed by atoms with E-state index in [0.717, 1.165) is 10.4 Å². The van der Waals surface area contributed by atoms with Crippen LogP contribution in [0, 0.1) is 5.82 Å². The number of nitrogens with zero attached hydrogens (tertiary/aromatic N) is 1. The molecule has 0 spiro atoms. The van der Waals surface area contributed by atoms with Gasteiger partial charge in [0.25, 0.3) is 0 Å². The number of sulfonamides is 1. The van der Waals surface area contributed by atoms with Gasteiger partial charge in [0.2, 0.25) is 15.9 Å². The van der Waals surface area contributed by atoms with Crippen LogP contribution in [0.1, 0.15) is 11.1 Å². The Hall–Kier alpha value is -3.64. The van der Waals surface area contributed by atoms with Crippen LogP contribution < -0.4 is 14.8 Å². The number of amides is 1. The van der Waals surface area contributed by atoms with Crippen LogP contribution in [0.3, 0.4) is 0 Å². The molecule has 3 aromatic carbocycles. The average molecular weight is 527 g/mol. The SMILES string of the molecule is COc1ccc(S(=O)(=O)N(CC(=O)Nc2ccc(F)c(C(F)(F)F)c2)Cc2ccccc2)cc1OC. The maximum Gasteiger partial charge on any atom is 0.419 e. The standard InChI is InChI=1S/C24H22F4N2O5S/c1-34-21-11-9-18(13-22(21)35-2)36(32,33)30(14-16-6-4-3-5-7-16)15-23(31)29-17-8-10-20(25)19(12-17)24(26,27)28/h3-13H,14-15H2,1-2H3,(H,29,31). The number of halogens is 4. The van der Waals surface area contributed by atoms with Gasteiger partial charge in [-0.1, -0.05) is 30.3 Å². The highest BCUT2D eigenvalue weighted by molar-refractivity contribution is 7.89. The second kappa shape index (κ2) is 11.0. The van der Waals surface area contributed by atoms with Crippen LogP contribution in [0.25, 0.3) is 0 Å². The molecule has 1 amide bonds. The summed E-state index contributed by atoms with van der Waals surface area (Å²) in [5, 5.41) is 2.21. The van der Waals surface area contributed by atoms with Gasteiger partial charge in [0, 0.05) is 18.3 Å². The fourth-order valence-electron chi connectivity index (χ4n) is 3.32. The first-order valence-corrected chi connectivity index (χ1v) is 11.8. The predicted octanol–water partition coefficient (Wildman–Crippen LogP) is 4.69. The first-order chi connectivity index (χ1) is 17.0. The molecule has 0 radical (unpaired) electrons. The number of methoxy groups -OCH3 is 2. The van der Waals surface area contributed by atoms with Crippen LogP contribution in [0.2, 0.25) is 0 Å². The third-order valence-corrected chi connectivity index (χ3v) is 6.86. The van der Waals surface area contributed by atoms with Crippen LogP contribution in [-0.4, -0.2) is 39.4 Å². The number of alkyl halides is 3. The third-order valence-electron chi connectivity index (χ3n) is 5.07. The summed E-state index contributed by atoms with van der Waals surface area (Å²) in [4.78, 5) is 12.5. The molecule has 1 N–H and O–H groups in total. The van der Waals surface area contributed by atoms with Gasteiger partial charge >= 0.3 is 6.18 Å². The van der Waals surface area contributed by atoms with Gasteiger partial charge in [-0.15, -0.1) is 0 Å². The maximum absolute atomic E-state index is 13.6. The van der Waals surface area contributed by atoms with E-state index in [9.17, 15) is 30.8 Å². The molecule has 3 rings (SSSR count). The quantitative estimate of drug-likeness (QED) is 0.409. The Morgan fingerprint density at radius 1 is 0.944 bits per heavy atom. The van der Waals surface area contributed by atoms with Crippen LogP contribution >= 0.6 is 0 Å². The van der Waals surface area contributed by atoms with Crippen molar-refractivity contribution in [1.29, 1.82) is 0 Å². The second-order valence-corrected chi connectivity index (χ2v) is 9.45. The molecule has 0 heterocycles. The molecule has 0 saturated heterocycles. The Morgan fingerprint density at radius 3 is 2.22 bits per heavy atom. The predicted molar refractivity (Wildman–Crippen MR) is 124 cm³/mol. The Balaban J connectivity index is 1.92. The van der Waals surface area contributed by atoms with Crippen LogP contribution in [0.5, 0.6) is 11.5 Å². The smallest absolute Gasteiger partial charge is 0.419 e. The zero-order chi connectivity index (χ0) is 26.5. The Morgan fingerprint density at radius 2 is 1.61 bits per heavy atom. The van der Waals surface area contributed by atoms with Gasteiger partial charge in [-0.2, -0.15) is 17.5 Å². The fourth-order valence-corrected chi connectivity index (χ4v) is 4.72. The fraction of sp³-hybridized carbons (Fsp3) is 0.208. The van der Waals surface area contributed by atoms with Crippen molar-refractivity contribution in [2.75, 3.05) is 26.1 Å². The lowest BCUT2D eigenvalue weighted by atomic mass is 10.2. The van der Waals surface area contributed by atoms with E-state index >= 15 is 0 Å². The maximum atomic E-state index is 13.6. The van der Waals surface area contributed by atoms with Crippen molar-refractivity contribution < 1.29 is 40.2 Å². The molecule has 12 heteroatoms. The molecule has 0 unspecified atom stereocenters. The summed E-state index contributed by atoms with van der Waals surface area (Å²) in [5.74, 6) is -1.98. The summed E-state index contributed by atoms with van der Waals surface area (Å²) in [6.07, 6.45) is -4.97. The molecule has 0 fully saturated rings. The third kappa shape index (κ3) is 6.32. The molecule has 0 aliphatic heterocycles. The number of anilines is 1. The number of hydrogen-bond acceptors (Lipinski definition) is 5. The van der Waals surface area contributed by atoms with E-state index in [2.05, 4.69) is 5.32 Å². The first kappa shape index (κ1) is 27.0. The number of nitrogens with one attached hydrogen (secondary N) is 1. The van der Waals surface area contributed by atoms with Gasteiger partial charge in [0.1, 0.15) is 5.82 Å². The van der Waals surface area contributed by atoms with E-state index in [1.165, 1.54) is 32.4 Å². The highest BCUT2D eigenvalue weighted by Gasteiger charge is 2.34. The Labute approximate surface area is 205 Å². The number of hydrogen-bond donors (Lipinski definition) is 1. The molecular formula is C24H22F4N2O5S. The number of benzene rings is 3. The lowest BCUT2D eigenvalue weighted by Gasteiger charge is -2.23. The number of carbonyl (C=O) groups excluding carboxylic acids is 1. The van der Waals surface area contributed by atoms with Crippen molar-refractivity contribution in [3.8, 4) is 11.5 Å². The molecule has 0 aliphatic rings. The van der Waals surface area contributed by atoms with Crippen LogP contribution in [-0.2, 0) is 27.5 Å². The van der Waals surface area contributed by atoms with Crippen molar-refractivity contribution in [1.82, 2.24) is 4.31 Å². The van der Waals surface area contributed by atoms with Gasteiger partial charge < -0.3 is 14.8 Å². The summed E-state index contributed by atoms with van der Waals surface area (Å²) >= 11 is 0. The van der Waals surface area contributed by atoms with Crippen LogP contribution in [0.15, 0.2) is 71.6 Å². The van der Waals surface area contributed by atoms with Gasteiger partial charge in [-0.05, 0) is 35.9 Å². The highest BCUT2D eigenvalue weighted by Crippen LogP contribution is 2.33. The Kier molecular flexibility index (Phi) is 8.21. The number of rotatable bonds is 9. The zero-order valence-electron chi connectivity index (χ0n) is 19.2. The van der Waals surface area contributed by atoms with E-state index < -0.39 is 40.0 Å². The summed E-state index contributed by atoms with van der Waals surface area (Å²) in [6, 6.07) is 14.3. The molecule has 0 aromatic heterocycles. The Bertz CT molecular complexity index is 1330. The number of carbonyl (C=O) groups is 1. The van der Waals surface area contributed by atoms with E-state index in [4.69, 9.17) is 9.47 Å². The summed E-state index contributed by atoms with van der Waals surface area (Å²) in [7, 11) is -1.56. The monoisotopic (exact) mass is 526 g/mol. The molecule has 0 atom stereocenters. The van der Waals surface area contributed by atoms with Crippen molar-refractivity contribution in [3.05, 3.63) is 83.7 Å². The minimum Gasteiger partial charge on any atom is -0.493 e. The molecule has 7 nitrogen and oxygen atoms in total. The summed E-state index contributed by atoms with van der Waals surface area (Å²) in [6.45, 7) is -0.938. The second-order valence-electron chi connectivity index (χ2n) is 7.52. The highest BCUT2D eigenvalue weighted by atomic mass is 32.2. The van der Waals surface area contributed by atoms with Gasteiger partial charge in [0.15, 0.2) is 11.5 Å². The first-order valence-electron chi connectivity index (χ1n) is 10.4. The molecule has 0 bridgehead atoms. The van der Waals surface area contributed by atoms with Crippen LogP contribution in [0.4, 0.5) is 23.2 Å². The van der Waals surface area contributed by atoms with E-state index in [-0.39, 0.29) is 22.9 Å². The van der Waals surface area contributed by atoms with E-state index in [1.807, 2.05) is 0 Å². The molecular weight excluding hydrogens is 504 g/mol. The van der Waals surface area contributed by atoms with Crippen molar-refractivity contribution in [2.45, 2.75) is 17.6 Å². The molecule has 0 saturated carbocycles. The zero-order valence-corrected chi connectivity index (χ0v) is 20.0. The molecule has 3 aromatic rings. The minimum absolute atomic E-state index is 0.147. The largest absolute Gasteiger partial charge is 0.493 e. The molecule has 192 valence electrons. The van der Waals surface area contributed by atoms with E-state index in [0.29, 0.717) is 23.4 Å². The topological polar surface area (TPSA) is 84.9 Å². The normalized spacial score (nSPS) is 11.9. The van der Waals surface area contributed by atoms with Gasteiger partial charge in [-0.3, -0.25) is 4.79 Å². The summed E-state index contributed by atoms with van der Waals surface area (Å²) in [5.41, 5.74) is -1.33. The van der Waals surface area contributed by atoms with E-state index in [1.54, 1.807) is 30.3 Å². The lowest BCUT2D eigenvalue weighted by Crippen LogP contribution is -2.37. The van der Waals surface area contributed by atoms with Gasteiger partial charge in [0.05, 0.1) is 31.2 Å². The minimum atomic E-state index is -4.97. The van der Waals surface area contributed by atoms with Crippen molar-refractivity contribution in [2.24, 2.45) is 0 Å². The molecule has 0 aliphatic carbocycles. The van der Waals surface area contributed by atoms with Crippen molar-refractivity contribution >= 4 is 21.6 Å². The molecule has 36 heavy (non-hydrogen) atoms. The lowest BCUT2D eigenvalue weighted by molar-refractivity contribution is -0.140. The van der Waals surface area contributed by atoms with Crippen molar-refractivity contribution in [3.63, 3.8) is 0 Å².